The third kappa shape index (κ3) is 1.28. The minimum Gasteiger partial charge on any atom is -0.309 e. The van der Waals surface area contributed by atoms with Crippen LogP contribution >= 0.6 is 0 Å². The van der Waals surface area contributed by atoms with Gasteiger partial charge in [0, 0.05) is 6.42 Å². The van der Waals surface area contributed by atoms with E-state index in [1.54, 1.807) is 5.32 Å². The number of carbonyl (C=O) groups is 1. The largest absolute Gasteiger partial charge is 0.451 e. The van der Waals surface area contributed by atoms with Crippen LogP contribution in [0.1, 0.15) is 6.42 Å². The lowest BCUT2D eigenvalue weighted by Gasteiger charge is -1.92. The summed E-state index contributed by atoms with van der Waals surface area (Å²) < 4.78 is 23.6. The Balaban J connectivity index is 2.28. The molecule has 1 radical (unpaired) electrons. The van der Waals surface area contributed by atoms with Crippen molar-refractivity contribution in [2.45, 2.75) is 18.4 Å². The van der Waals surface area contributed by atoms with Gasteiger partial charge in [0.15, 0.2) is 0 Å². The van der Waals surface area contributed by atoms with Gasteiger partial charge in [-0.05, 0) is 0 Å². The molecule has 0 unspecified atom stereocenters. The second-order valence-electron chi connectivity index (χ2n) is 1.95. The van der Waals surface area contributed by atoms with Crippen LogP contribution in [0, 0.1) is 0 Å². The van der Waals surface area contributed by atoms with E-state index in [4.69, 9.17) is 0 Å². The zero-order valence-electron chi connectivity index (χ0n) is 4.36. The maximum Gasteiger partial charge on any atom is 0.451 e. The quantitative estimate of drug-likeness (QED) is 0.561. The van der Waals surface area contributed by atoms with Crippen LogP contribution in [0.25, 0.3) is 0 Å². The van der Waals surface area contributed by atoms with E-state index in [-0.39, 0.29) is 0 Å². The van der Waals surface area contributed by atoms with Crippen LogP contribution in [0.15, 0.2) is 0 Å². The molecule has 3 nitrogen and oxygen atoms in total. The van der Waals surface area contributed by atoms with Gasteiger partial charge in [-0.1, -0.05) is 0 Å². The summed E-state index contributed by atoms with van der Waals surface area (Å²) in [6, 6.07) is -1.21. The first-order valence-electron chi connectivity index (χ1n) is 2.38. The van der Waals surface area contributed by atoms with Crippen molar-refractivity contribution in [2.24, 2.45) is 0 Å². The molecule has 5 heteroatoms. The number of halogens is 2. The Morgan fingerprint density at radius 2 is 2.11 bits per heavy atom. The van der Waals surface area contributed by atoms with Crippen molar-refractivity contribution in [3.05, 3.63) is 0 Å². The minimum atomic E-state index is -2.83. The topological polar surface area (TPSA) is 49.0 Å². The Hall–Kier alpha value is -0.870. The van der Waals surface area contributed by atoms with Gasteiger partial charge in [0.2, 0.25) is 0 Å². The maximum atomic E-state index is 11.8. The lowest BCUT2D eigenvalue weighted by Crippen LogP contribution is -2.26. The van der Waals surface area contributed by atoms with Crippen LogP contribution in [0.3, 0.4) is 0 Å². The fraction of sp³-hybridized carbons (Fsp3) is 0.750. The molecular weight excluding hydrogens is 132 g/mol. The van der Waals surface area contributed by atoms with Gasteiger partial charge in [0.25, 0.3) is 5.92 Å². The van der Waals surface area contributed by atoms with Gasteiger partial charge in [-0.15, -0.1) is 0 Å². The smallest absolute Gasteiger partial charge is 0.309 e. The van der Waals surface area contributed by atoms with Crippen LogP contribution in [-0.4, -0.2) is 18.1 Å². The van der Waals surface area contributed by atoms with Gasteiger partial charge in [-0.3, -0.25) is 0 Å². The summed E-state index contributed by atoms with van der Waals surface area (Å²) in [5.74, 6) is -2.83. The summed E-state index contributed by atoms with van der Waals surface area (Å²) in [6.07, 6.45) is -2.04. The summed E-state index contributed by atoms with van der Waals surface area (Å²) in [7, 11) is 0. The molecule has 1 amide bonds. The average molecular weight is 136 g/mol. The summed E-state index contributed by atoms with van der Waals surface area (Å²) in [4.78, 5) is 9.58. The molecule has 1 aliphatic carbocycles. The molecule has 1 rings (SSSR count). The highest BCUT2D eigenvalue weighted by atomic mass is 19.3. The molecule has 1 aliphatic rings. The highest BCUT2D eigenvalue weighted by molar-refractivity contribution is 5.65. The third-order valence-corrected chi connectivity index (χ3v) is 1.12. The molecule has 51 valence electrons. The number of hydrogen-bond donors (Lipinski definition) is 1. The second-order valence-corrected chi connectivity index (χ2v) is 1.95. The van der Waals surface area contributed by atoms with Gasteiger partial charge >= 0.3 is 6.09 Å². The minimum absolute atomic E-state index is 0.402. The second kappa shape index (κ2) is 1.55. The molecule has 9 heavy (non-hydrogen) atoms. The Kier molecular flexibility index (Phi) is 1.08. The Bertz CT molecular complexity index is 148. The summed E-state index contributed by atoms with van der Waals surface area (Å²) in [5.41, 5.74) is 0. The molecule has 0 aliphatic heterocycles. The SMILES string of the molecule is [O]C(=O)N[C@@H]1CC1(F)F. The standard InChI is InChI=1S/C4H4F2NO2/c5-4(6)1-2(4)7-3(8)9/h2,7H,1H2/t2-/m1/s1. The average Bonchev–Trinajstić information content (AvgIpc) is 2.10. The number of rotatable bonds is 1. The molecule has 0 aromatic carbocycles. The molecule has 0 spiro atoms. The molecule has 0 aromatic rings. The van der Waals surface area contributed by atoms with Gasteiger partial charge in [0.05, 0.1) is 0 Å². The maximum absolute atomic E-state index is 11.8. The molecule has 1 fully saturated rings. The van der Waals surface area contributed by atoms with Crippen molar-refractivity contribution in [1.82, 2.24) is 5.32 Å². The van der Waals surface area contributed by atoms with Crippen molar-refractivity contribution in [1.29, 1.82) is 0 Å². The fourth-order valence-corrected chi connectivity index (χ4v) is 0.512. The van der Waals surface area contributed by atoms with Crippen LogP contribution in [0.4, 0.5) is 13.6 Å². The van der Waals surface area contributed by atoms with Crippen molar-refractivity contribution >= 4 is 6.09 Å². The highest BCUT2D eigenvalue weighted by Crippen LogP contribution is 2.41. The number of carbonyl (C=O) groups excluding carboxylic acids is 1. The molecule has 1 atom stereocenters. The predicted octanol–water partition coefficient (Wildman–Crippen LogP) is 0.534. The van der Waals surface area contributed by atoms with E-state index in [0.29, 0.717) is 0 Å². The van der Waals surface area contributed by atoms with E-state index in [9.17, 15) is 18.7 Å². The van der Waals surface area contributed by atoms with Crippen molar-refractivity contribution < 1.29 is 18.7 Å². The van der Waals surface area contributed by atoms with Crippen molar-refractivity contribution in [2.75, 3.05) is 0 Å². The van der Waals surface area contributed by atoms with E-state index in [1.165, 1.54) is 0 Å². The van der Waals surface area contributed by atoms with Crippen molar-refractivity contribution in [3.8, 4) is 0 Å². The van der Waals surface area contributed by atoms with Crippen LogP contribution in [0.5, 0.6) is 0 Å². The summed E-state index contributed by atoms with van der Waals surface area (Å²) in [5, 5.41) is 11.1. The van der Waals surface area contributed by atoms with E-state index in [2.05, 4.69) is 0 Å². The lowest BCUT2D eigenvalue weighted by atomic mass is 10.7. The van der Waals surface area contributed by atoms with Crippen molar-refractivity contribution in [3.63, 3.8) is 0 Å². The molecular formula is C4H4F2NO2. The Morgan fingerprint density at radius 3 is 2.22 bits per heavy atom. The molecule has 0 aromatic heterocycles. The van der Waals surface area contributed by atoms with Crippen LogP contribution in [-0.2, 0) is 5.11 Å². The van der Waals surface area contributed by atoms with E-state index in [1.807, 2.05) is 0 Å². The first-order valence-corrected chi connectivity index (χ1v) is 2.38. The molecule has 0 bridgehead atoms. The van der Waals surface area contributed by atoms with E-state index >= 15 is 0 Å². The monoisotopic (exact) mass is 136 g/mol. The number of hydrogen-bond acceptors (Lipinski definition) is 1. The number of alkyl halides is 2. The molecule has 1 saturated carbocycles. The van der Waals surface area contributed by atoms with E-state index < -0.39 is 24.5 Å². The lowest BCUT2D eigenvalue weighted by molar-refractivity contribution is 0.102. The number of amides is 1. The van der Waals surface area contributed by atoms with Gasteiger partial charge < -0.3 is 5.32 Å². The van der Waals surface area contributed by atoms with Gasteiger partial charge in [-0.25, -0.2) is 18.7 Å². The Morgan fingerprint density at radius 1 is 1.67 bits per heavy atom. The van der Waals surface area contributed by atoms with Gasteiger partial charge in [0.1, 0.15) is 6.04 Å². The van der Waals surface area contributed by atoms with Gasteiger partial charge in [-0.2, -0.15) is 0 Å². The third-order valence-electron chi connectivity index (χ3n) is 1.12. The number of nitrogens with one attached hydrogen (secondary N) is 1. The predicted molar refractivity (Wildman–Crippen MR) is 22.6 cm³/mol. The Labute approximate surface area is 49.7 Å². The zero-order chi connectivity index (χ0) is 7.07. The highest BCUT2D eigenvalue weighted by Gasteiger charge is 2.58. The summed E-state index contributed by atoms with van der Waals surface area (Å²) >= 11 is 0. The van der Waals surface area contributed by atoms with Crippen LogP contribution in [0.2, 0.25) is 0 Å². The van der Waals surface area contributed by atoms with E-state index in [0.717, 1.165) is 0 Å². The van der Waals surface area contributed by atoms with Crippen LogP contribution < -0.4 is 5.32 Å². The zero-order valence-corrected chi connectivity index (χ0v) is 4.36. The first-order chi connectivity index (χ1) is 4.02. The molecule has 1 N–H and O–H groups in total. The first kappa shape index (κ1) is 6.25. The molecule has 0 saturated heterocycles. The summed E-state index contributed by atoms with van der Waals surface area (Å²) in [6.45, 7) is 0. The normalized spacial score (nSPS) is 29.3. The fourth-order valence-electron chi connectivity index (χ4n) is 0.512. The molecule has 0 heterocycles.